The number of hydrogen-bond acceptors (Lipinski definition) is 2. The number of fused-ring (bicyclic) bond motifs is 2. The molecule has 2 heterocycles. The molecule has 1 aliphatic heterocycles. The minimum Gasteiger partial charge on any atom is -0.385 e. The molecule has 0 saturated carbocycles. The molecule has 0 radical (unpaired) electrons. The zero-order valence-electron chi connectivity index (χ0n) is 13.0. The maximum Gasteiger partial charge on any atom is 0.0705 e. The standard InChI is InChI=1S/C20H20N2/c1-13-11-15-7-3-5-9-17(15)22-20(13)19-14(2)12-21-18-10-6-4-8-16(18)19/h3-11,14,19,21H,12H2,1-2H3/t14-,19+/m0/s1. The van der Waals surface area contributed by atoms with Crippen LogP contribution in [0.15, 0.2) is 54.6 Å². The second-order valence-electron chi connectivity index (χ2n) is 6.31. The molecule has 1 aliphatic rings. The normalized spacial score (nSPS) is 20.5. The van der Waals surface area contributed by atoms with Gasteiger partial charge in [0.15, 0.2) is 0 Å². The van der Waals surface area contributed by atoms with Crippen LogP contribution in [0.25, 0.3) is 10.9 Å². The van der Waals surface area contributed by atoms with Crippen LogP contribution in [0.2, 0.25) is 0 Å². The zero-order chi connectivity index (χ0) is 15.1. The first-order valence-corrected chi connectivity index (χ1v) is 7.93. The van der Waals surface area contributed by atoms with Crippen molar-refractivity contribution in [3.63, 3.8) is 0 Å². The van der Waals surface area contributed by atoms with Gasteiger partial charge in [-0.25, -0.2) is 0 Å². The van der Waals surface area contributed by atoms with Gasteiger partial charge in [-0.15, -0.1) is 0 Å². The van der Waals surface area contributed by atoms with Gasteiger partial charge in [0.25, 0.3) is 0 Å². The van der Waals surface area contributed by atoms with Crippen molar-refractivity contribution in [3.05, 3.63) is 71.4 Å². The van der Waals surface area contributed by atoms with Gasteiger partial charge >= 0.3 is 0 Å². The topological polar surface area (TPSA) is 24.9 Å². The van der Waals surface area contributed by atoms with Gasteiger partial charge in [-0.3, -0.25) is 4.98 Å². The van der Waals surface area contributed by atoms with Gasteiger partial charge in [0.05, 0.1) is 11.2 Å². The number of nitrogens with zero attached hydrogens (tertiary/aromatic N) is 1. The Labute approximate surface area is 131 Å². The number of aryl methyl sites for hydroxylation is 1. The van der Waals surface area contributed by atoms with Crippen LogP contribution in [0, 0.1) is 12.8 Å². The summed E-state index contributed by atoms with van der Waals surface area (Å²) < 4.78 is 0. The van der Waals surface area contributed by atoms with Gasteiger partial charge in [0, 0.05) is 23.5 Å². The van der Waals surface area contributed by atoms with Gasteiger partial charge in [-0.2, -0.15) is 0 Å². The lowest BCUT2D eigenvalue weighted by molar-refractivity contribution is 0.512. The van der Waals surface area contributed by atoms with E-state index in [4.69, 9.17) is 4.98 Å². The van der Waals surface area contributed by atoms with Crippen LogP contribution in [0.4, 0.5) is 5.69 Å². The first-order chi connectivity index (χ1) is 10.7. The van der Waals surface area contributed by atoms with Crippen LogP contribution in [0.3, 0.4) is 0 Å². The Morgan fingerprint density at radius 1 is 1.05 bits per heavy atom. The van der Waals surface area contributed by atoms with E-state index in [9.17, 15) is 0 Å². The van der Waals surface area contributed by atoms with Crippen molar-refractivity contribution in [1.29, 1.82) is 0 Å². The molecule has 1 N–H and O–H groups in total. The molecule has 0 aliphatic carbocycles. The highest BCUT2D eigenvalue weighted by Gasteiger charge is 2.29. The van der Waals surface area contributed by atoms with Gasteiger partial charge < -0.3 is 5.32 Å². The Morgan fingerprint density at radius 2 is 1.82 bits per heavy atom. The molecular formula is C20H20N2. The van der Waals surface area contributed by atoms with E-state index in [-0.39, 0.29) is 0 Å². The lowest BCUT2D eigenvalue weighted by Crippen LogP contribution is -2.27. The van der Waals surface area contributed by atoms with Crippen molar-refractivity contribution < 1.29 is 0 Å². The fraction of sp³-hybridized carbons (Fsp3) is 0.250. The summed E-state index contributed by atoms with van der Waals surface area (Å²) in [5, 5.41) is 4.76. The molecule has 0 fully saturated rings. The molecule has 2 nitrogen and oxygen atoms in total. The monoisotopic (exact) mass is 288 g/mol. The maximum atomic E-state index is 5.02. The summed E-state index contributed by atoms with van der Waals surface area (Å²) in [4.78, 5) is 5.02. The Kier molecular flexibility index (Phi) is 3.11. The fourth-order valence-electron chi connectivity index (χ4n) is 3.59. The van der Waals surface area contributed by atoms with E-state index in [0.29, 0.717) is 11.8 Å². The Hall–Kier alpha value is -2.35. The van der Waals surface area contributed by atoms with Crippen molar-refractivity contribution >= 4 is 16.6 Å². The number of aromatic nitrogens is 1. The highest BCUT2D eigenvalue weighted by Crippen LogP contribution is 2.40. The molecule has 22 heavy (non-hydrogen) atoms. The highest BCUT2D eigenvalue weighted by molar-refractivity contribution is 5.79. The third kappa shape index (κ3) is 2.07. The second kappa shape index (κ2) is 5.13. The summed E-state index contributed by atoms with van der Waals surface area (Å²) in [7, 11) is 0. The van der Waals surface area contributed by atoms with Crippen molar-refractivity contribution in [2.24, 2.45) is 5.92 Å². The Bertz CT molecular complexity index is 838. The average Bonchev–Trinajstić information content (AvgIpc) is 2.54. The summed E-state index contributed by atoms with van der Waals surface area (Å²) in [6.45, 7) is 5.49. The molecule has 0 bridgehead atoms. The van der Waals surface area contributed by atoms with Crippen molar-refractivity contribution in [2.75, 3.05) is 11.9 Å². The number of nitrogens with one attached hydrogen (secondary N) is 1. The SMILES string of the molecule is Cc1cc2ccccc2nc1[C@H]1c2ccccc2NC[C@@H]1C. The number of para-hydroxylation sites is 2. The Balaban J connectivity index is 1.92. The van der Waals surface area contributed by atoms with Crippen LogP contribution in [-0.2, 0) is 0 Å². The number of hydrogen-bond donors (Lipinski definition) is 1. The third-order valence-electron chi connectivity index (χ3n) is 4.73. The number of rotatable bonds is 1. The molecule has 1 aromatic heterocycles. The van der Waals surface area contributed by atoms with Crippen molar-refractivity contribution in [2.45, 2.75) is 19.8 Å². The van der Waals surface area contributed by atoms with Crippen LogP contribution in [-0.4, -0.2) is 11.5 Å². The summed E-state index contributed by atoms with van der Waals surface area (Å²) in [5.41, 5.74) is 6.21. The van der Waals surface area contributed by atoms with Crippen LogP contribution in [0.1, 0.15) is 29.7 Å². The third-order valence-corrected chi connectivity index (χ3v) is 4.73. The molecule has 4 rings (SSSR count). The second-order valence-corrected chi connectivity index (χ2v) is 6.31. The van der Waals surface area contributed by atoms with Gasteiger partial charge in [0.2, 0.25) is 0 Å². The van der Waals surface area contributed by atoms with Gasteiger partial charge in [0.1, 0.15) is 0 Å². The van der Waals surface area contributed by atoms with Crippen molar-refractivity contribution in [3.8, 4) is 0 Å². The molecular weight excluding hydrogens is 268 g/mol. The highest BCUT2D eigenvalue weighted by atomic mass is 14.9. The minimum absolute atomic E-state index is 0.363. The largest absolute Gasteiger partial charge is 0.385 e. The molecule has 2 atom stereocenters. The maximum absolute atomic E-state index is 5.02. The average molecular weight is 288 g/mol. The zero-order valence-corrected chi connectivity index (χ0v) is 13.0. The van der Waals surface area contributed by atoms with E-state index in [0.717, 1.165) is 12.1 Å². The quantitative estimate of drug-likeness (QED) is 0.700. The number of benzene rings is 2. The predicted molar refractivity (Wildman–Crippen MR) is 92.4 cm³/mol. The first kappa shape index (κ1) is 13.3. The van der Waals surface area contributed by atoms with E-state index in [1.807, 2.05) is 0 Å². The summed E-state index contributed by atoms with van der Waals surface area (Å²) in [6.07, 6.45) is 0. The molecule has 110 valence electrons. The summed E-state index contributed by atoms with van der Waals surface area (Å²) >= 11 is 0. The first-order valence-electron chi connectivity index (χ1n) is 7.93. The summed E-state index contributed by atoms with van der Waals surface area (Å²) in [6, 6.07) is 19.3. The molecule has 0 unspecified atom stereocenters. The van der Waals surface area contributed by atoms with E-state index in [1.54, 1.807) is 0 Å². The Morgan fingerprint density at radius 3 is 2.73 bits per heavy atom. The number of anilines is 1. The lowest BCUT2D eigenvalue weighted by atomic mass is 9.79. The van der Waals surface area contributed by atoms with Crippen LogP contribution >= 0.6 is 0 Å². The van der Waals surface area contributed by atoms with Gasteiger partial charge in [-0.05, 0) is 42.2 Å². The van der Waals surface area contributed by atoms with Gasteiger partial charge in [-0.1, -0.05) is 43.3 Å². The fourth-order valence-corrected chi connectivity index (χ4v) is 3.59. The summed E-state index contributed by atoms with van der Waals surface area (Å²) in [5.74, 6) is 0.893. The molecule has 2 aromatic carbocycles. The molecule has 0 saturated heterocycles. The minimum atomic E-state index is 0.363. The van der Waals surface area contributed by atoms with Crippen LogP contribution < -0.4 is 5.32 Å². The number of pyridine rings is 1. The van der Waals surface area contributed by atoms with Crippen molar-refractivity contribution in [1.82, 2.24) is 4.98 Å². The molecule has 0 amide bonds. The van der Waals surface area contributed by atoms with Crippen LogP contribution in [0.5, 0.6) is 0 Å². The molecule has 3 aromatic rings. The molecule has 2 heteroatoms. The predicted octanol–water partition coefficient (Wildman–Crippen LogP) is 4.74. The molecule has 0 spiro atoms. The smallest absolute Gasteiger partial charge is 0.0705 e. The lowest BCUT2D eigenvalue weighted by Gasteiger charge is -2.33. The van der Waals surface area contributed by atoms with E-state index < -0.39 is 0 Å². The van der Waals surface area contributed by atoms with E-state index in [1.165, 1.54) is 27.9 Å². The van der Waals surface area contributed by atoms with E-state index in [2.05, 4.69) is 73.8 Å². The van der Waals surface area contributed by atoms with E-state index >= 15 is 0 Å².